The van der Waals surface area contributed by atoms with Crippen LogP contribution in [0.1, 0.15) is 37.5 Å². The number of phenolic OH excluding ortho intramolecular Hbond substituents is 1. The van der Waals surface area contributed by atoms with E-state index in [0.29, 0.717) is 27.9 Å². The van der Waals surface area contributed by atoms with Crippen molar-refractivity contribution < 1.29 is 29.3 Å². The second-order valence-electron chi connectivity index (χ2n) is 8.41. The normalized spacial score (nSPS) is 20.9. The number of amides is 1. The number of carbonyl (C=O) groups excluding carboxylic acids is 2. The summed E-state index contributed by atoms with van der Waals surface area (Å²) in [6.07, 6.45) is 0.598. The second-order valence-corrected chi connectivity index (χ2v) is 9.26. The van der Waals surface area contributed by atoms with Crippen molar-refractivity contribution in [2.24, 2.45) is 0 Å². The third-order valence-corrected chi connectivity index (χ3v) is 6.45. The highest BCUT2D eigenvalue weighted by atomic mass is 79.9. The van der Waals surface area contributed by atoms with Crippen molar-refractivity contribution in [3.8, 4) is 11.5 Å². The lowest BCUT2D eigenvalue weighted by molar-refractivity contribution is -0.142. The van der Waals surface area contributed by atoms with Gasteiger partial charge in [-0.1, -0.05) is 22.0 Å². The Labute approximate surface area is 188 Å². The van der Waals surface area contributed by atoms with Crippen molar-refractivity contribution in [2.45, 2.75) is 38.2 Å². The zero-order chi connectivity index (χ0) is 22.6. The van der Waals surface area contributed by atoms with Gasteiger partial charge in [0.25, 0.3) is 0 Å². The first-order valence-corrected chi connectivity index (χ1v) is 10.9. The Morgan fingerprint density at radius 3 is 2.74 bits per heavy atom. The molecule has 0 saturated carbocycles. The van der Waals surface area contributed by atoms with Gasteiger partial charge in [0.05, 0.1) is 18.9 Å². The van der Waals surface area contributed by atoms with Gasteiger partial charge in [0.15, 0.2) is 0 Å². The van der Waals surface area contributed by atoms with Crippen LogP contribution < -0.4 is 9.64 Å². The molecule has 0 aromatic heterocycles. The Morgan fingerprint density at radius 1 is 1.32 bits per heavy atom. The number of aliphatic hydroxyl groups excluding tert-OH is 1. The summed E-state index contributed by atoms with van der Waals surface area (Å²) < 4.78 is 11.5. The number of hydrogen-bond donors (Lipinski definition) is 2. The Balaban J connectivity index is 1.91. The number of aliphatic hydroxyl groups is 1. The van der Waals surface area contributed by atoms with Crippen molar-refractivity contribution >= 4 is 33.5 Å². The van der Waals surface area contributed by atoms with Crippen LogP contribution in [0.15, 0.2) is 34.8 Å². The van der Waals surface area contributed by atoms with Gasteiger partial charge in [-0.3, -0.25) is 14.5 Å². The zero-order valence-electron chi connectivity index (χ0n) is 17.6. The quantitative estimate of drug-likeness (QED) is 0.626. The Hall–Kier alpha value is -2.58. The Kier molecular flexibility index (Phi) is 5.26. The zero-order valence-corrected chi connectivity index (χ0v) is 19.2. The van der Waals surface area contributed by atoms with Crippen molar-refractivity contribution in [1.82, 2.24) is 0 Å². The molecule has 2 aliphatic rings. The van der Waals surface area contributed by atoms with E-state index in [1.165, 1.54) is 11.0 Å². The number of ether oxygens (including phenoxy) is 2. The molecule has 2 aromatic rings. The van der Waals surface area contributed by atoms with E-state index in [2.05, 4.69) is 15.9 Å². The maximum atomic E-state index is 13.8. The smallest absolute Gasteiger partial charge is 0.326 e. The fourth-order valence-corrected chi connectivity index (χ4v) is 5.26. The van der Waals surface area contributed by atoms with Crippen LogP contribution in [-0.2, 0) is 26.2 Å². The lowest BCUT2D eigenvalue weighted by atomic mass is 9.74. The molecule has 2 N–H and O–H groups in total. The van der Waals surface area contributed by atoms with Crippen LogP contribution in [0.2, 0.25) is 0 Å². The van der Waals surface area contributed by atoms with Gasteiger partial charge in [-0.05, 0) is 44.5 Å². The monoisotopic (exact) mass is 489 g/mol. The minimum absolute atomic E-state index is 0.154. The van der Waals surface area contributed by atoms with Crippen LogP contribution in [0.4, 0.5) is 5.69 Å². The summed E-state index contributed by atoms with van der Waals surface area (Å²) in [5.74, 6) is -0.652. The molecule has 0 aliphatic carbocycles. The maximum absolute atomic E-state index is 13.8. The first-order chi connectivity index (χ1) is 14.6. The van der Waals surface area contributed by atoms with Crippen LogP contribution in [0.3, 0.4) is 0 Å². The Bertz CT molecular complexity index is 1080. The van der Waals surface area contributed by atoms with Crippen LogP contribution in [0.5, 0.6) is 11.5 Å². The van der Waals surface area contributed by atoms with E-state index in [0.717, 1.165) is 5.56 Å². The molecule has 0 saturated heterocycles. The molecule has 0 radical (unpaired) electrons. The highest BCUT2D eigenvalue weighted by Gasteiger charge is 2.55. The van der Waals surface area contributed by atoms with Crippen LogP contribution in [0, 0.1) is 0 Å². The lowest BCUT2D eigenvalue weighted by Crippen LogP contribution is -2.46. The highest BCUT2D eigenvalue weighted by Crippen LogP contribution is 2.53. The number of hydrogen-bond acceptors (Lipinski definition) is 6. The number of carbonyl (C=O) groups is 2. The van der Waals surface area contributed by atoms with Crippen LogP contribution in [-0.4, -0.2) is 47.4 Å². The molecule has 164 valence electrons. The van der Waals surface area contributed by atoms with Crippen LogP contribution in [0.25, 0.3) is 0 Å². The van der Waals surface area contributed by atoms with Crippen molar-refractivity contribution in [3.63, 3.8) is 0 Å². The molecule has 0 fully saturated rings. The largest absolute Gasteiger partial charge is 0.507 e. The van der Waals surface area contributed by atoms with Crippen molar-refractivity contribution in [3.05, 3.63) is 51.5 Å². The number of fused-ring (bicyclic) bond motifs is 2. The predicted molar refractivity (Wildman–Crippen MR) is 118 cm³/mol. The number of phenols is 1. The topological polar surface area (TPSA) is 96.3 Å². The van der Waals surface area contributed by atoms with E-state index in [4.69, 9.17) is 9.47 Å². The lowest BCUT2D eigenvalue weighted by Gasteiger charge is -2.29. The molecule has 2 aliphatic heterocycles. The molecule has 0 bridgehead atoms. The number of esters is 1. The van der Waals surface area contributed by atoms with Gasteiger partial charge in [-0.15, -0.1) is 0 Å². The standard InChI is InChI=1S/C23H24BrNO6/c1-4-30-19(28)11-25-16-7-5-6-15(24)20(16)23(12-26,21(25)29)14-8-13-10-22(2,3)31-18(13)9-17(14)27/h5-9,26-27H,4,10-12H2,1-3H3. The van der Waals surface area contributed by atoms with E-state index in [1.807, 2.05) is 13.8 Å². The fraction of sp³-hybridized carbons (Fsp3) is 0.391. The van der Waals surface area contributed by atoms with E-state index >= 15 is 0 Å². The van der Waals surface area contributed by atoms with E-state index < -0.39 is 29.5 Å². The van der Waals surface area contributed by atoms with Gasteiger partial charge in [-0.25, -0.2) is 0 Å². The van der Waals surface area contributed by atoms with E-state index in [1.54, 1.807) is 31.2 Å². The summed E-state index contributed by atoms with van der Waals surface area (Å²) in [4.78, 5) is 27.3. The summed E-state index contributed by atoms with van der Waals surface area (Å²) in [5.41, 5.74) is 0.0930. The van der Waals surface area contributed by atoms with Crippen LogP contribution >= 0.6 is 15.9 Å². The summed E-state index contributed by atoms with van der Waals surface area (Å²) in [6.45, 7) is 4.90. The van der Waals surface area contributed by atoms with Gasteiger partial charge in [0.1, 0.15) is 29.1 Å². The van der Waals surface area contributed by atoms with Crippen molar-refractivity contribution in [2.75, 3.05) is 24.7 Å². The molecular formula is C23H24BrNO6. The summed E-state index contributed by atoms with van der Waals surface area (Å²) in [5, 5.41) is 21.5. The average molecular weight is 490 g/mol. The molecular weight excluding hydrogens is 466 g/mol. The molecule has 31 heavy (non-hydrogen) atoms. The third kappa shape index (κ3) is 3.29. The summed E-state index contributed by atoms with van der Waals surface area (Å²) >= 11 is 3.51. The number of benzene rings is 2. The molecule has 4 rings (SSSR count). The molecule has 1 atom stereocenters. The first-order valence-electron chi connectivity index (χ1n) is 10.1. The number of anilines is 1. The number of halogens is 1. The number of aromatic hydroxyl groups is 1. The van der Waals surface area contributed by atoms with Crippen molar-refractivity contribution in [1.29, 1.82) is 0 Å². The molecule has 2 heterocycles. The number of rotatable bonds is 5. The van der Waals surface area contributed by atoms with Gasteiger partial charge >= 0.3 is 5.97 Å². The fourth-order valence-electron chi connectivity index (χ4n) is 4.56. The van der Waals surface area contributed by atoms with Gasteiger partial charge in [0, 0.05) is 28.1 Å². The molecule has 2 aromatic carbocycles. The molecule has 1 amide bonds. The minimum Gasteiger partial charge on any atom is -0.507 e. The molecule has 8 heteroatoms. The van der Waals surface area contributed by atoms with Gasteiger partial charge in [-0.2, -0.15) is 0 Å². The number of nitrogens with zero attached hydrogens (tertiary/aromatic N) is 1. The van der Waals surface area contributed by atoms with Gasteiger partial charge < -0.3 is 19.7 Å². The molecule has 7 nitrogen and oxygen atoms in total. The Morgan fingerprint density at radius 2 is 2.06 bits per heavy atom. The van der Waals surface area contributed by atoms with E-state index in [-0.39, 0.29) is 24.5 Å². The summed E-state index contributed by atoms with van der Waals surface area (Å²) in [7, 11) is 0. The molecule has 1 unspecified atom stereocenters. The highest BCUT2D eigenvalue weighted by molar-refractivity contribution is 9.10. The average Bonchev–Trinajstić information content (AvgIpc) is 3.12. The molecule has 0 spiro atoms. The minimum atomic E-state index is -1.58. The predicted octanol–water partition coefficient (Wildman–Crippen LogP) is 3.06. The SMILES string of the molecule is CCOC(=O)CN1C(=O)C(CO)(c2cc3c(cc2O)OC(C)(C)C3)c2c(Br)cccc21. The maximum Gasteiger partial charge on any atom is 0.326 e. The first kappa shape index (κ1) is 21.6. The second kappa shape index (κ2) is 7.53. The van der Waals surface area contributed by atoms with Gasteiger partial charge in [0.2, 0.25) is 5.91 Å². The third-order valence-electron chi connectivity index (χ3n) is 5.79. The van der Waals surface area contributed by atoms with E-state index in [9.17, 15) is 19.8 Å². The summed E-state index contributed by atoms with van der Waals surface area (Å²) in [6, 6.07) is 8.45.